The topological polar surface area (TPSA) is 116 Å². The van der Waals surface area contributed by atoms with Crippen LogP contribution in [0, 0.1) is 10.1 Å². The number of aliphatic hydroxyl groups excluding tert-OH is 1. The molecule has 1 atom stereocenters. The number of aliphatic hydroxyl groups is 1. The fraction of sp³-hybridized carbons (Fsp3) is 0.250. The lowest BCUT2D eigenvalue weighted by Crippen LogP contribution is -2.29. The summed E-state index contributed by atoms with van der Waals surface area (Å²) in [6.45, 7) is -0.113. The number of hydrogen-bond acceptors (Lipinski definition) is 6. The SMILES string of the molecule is COc1cc(C(=O)NCC(O)c2cn(C)c3ccccc23)c([N+](=O)[O-])cc1OC. The molecule has 1 heterocycles. The number of ether oxygens (including phenoxy) is 2. The van der Waals surface area contributed by atoms with Gasteiger partial charge in [-0.05, 0) is 6.07 Å². The van der Waals surface area contributed by atoms with Gasteiger partial charge < -0.3 is 24.5 Å². The van der Waals surface area contributed by atoms with E-state index in [0.717, 1.165) is 17.0 Å². The van der Waals surface area contributed by atoms with Crippen molar-refractivity contribution in [3.63, 3.8) is 0 Å². The monoisotopic (exact) mass is 399 g/mol. The molecule has 0 radical (unpaired) electrons. The molecule has 0 aliphatic carbocycles. The molecule has 0 fully saturated rings. The highest BCUT2D eigenvalue weighted by Gasteiger charge is 2.25. The van der Waals surface area contributed by atoms with Gasteiger partial charge in [-0.2, -0.15) is 0 Å². The molecular formula is C20H21N3O6. The number of hydrogen-bond donors (Lipinski definition) is 2. The zero-order valence-corrected chi connectivity index (χ0v) is 16.2. The number of para-hydroxylation sites is 1. The summed E-state index contributed by atoms with van der Waals surface area (Å²) >= 11 is 0. The summed E-state index contributed by atoms with van der Waals surface area (Å²) in [5.41, 5.74) is 1.01. The number of nitro benzene ring substituents is 1. The van der Waals surface area contributed by atoms with Gasteiger partial charge in [0.25, 0.3) is 11.6 Å². The van der Waals surface area contributed by atoms with Crippen molar-refractivity contribution in [3.8, 4) is 11.5 Å². The molecule has 3 aromatic rings. The summed E-state index contributed by atoms with van der Waals surface area (Å²) in [5.74, 6) is -0.360. The standard InChI is InChI=1S/C20H21N3O6/c1-22-11-14(12-6-4-5-7-15(12)22)17(24)10-21-20(25)13-8-18(28-2)19(29-3)9-16(13)23(26)27/h4-9,11,17,24H,10H2,1-3H3,(H,21,25). The molecule has 2 N–H and O–H groups in total. The first-order valence-corrected chi connectivity index (χ1v) is 8.78. The van der Waals surface area contributed by atoms with Crippen molar-refractivity contribution in [2.75, 3.05) is 20.8 Å². The van der Waals surface area contributed by atoms with Crippen molar-refractivity contribution in [1.82, 2.24) is 9.88 Å². The molecule has 0 saturated carbocycles. The van der Waals surface area contributed by atoms with Crippen LogP contribution in [-0.4, -0.2) is 41.3 Å². The van der Waals surface area contributed by atoms with Gasteiger partial charge in [0.05, 0.1) is 31.3 Å². The number of rotatable bonds is 7. The lowest BCUT2D eigenvalue weighted by molar-refractivity contribution is -0.385. The average molecular weight is 399 g/mol. The molecule has 3 rings (SSSR count). The van der Waals surface area contributed by atoms with Crippen LogP contribution in [0.4, 0.5) is 5.69 Å². The molecule has 0 aliphatic rings. The number of nitrogens with one attached hydrogen (secondary N) is 1. The summed E-state index contributed by atoms with van der Waals surface area (Å²) in [4.78, 5) is 23.3. The molecule has 29 heavy (non-hydrogen) atoms. The Kier molecular flexibility index (Phi) is 5.69. The van der Waals surface area contributed by atoms with Crippen LogP contribution < -0.4 is 14.8 Å². The Hall–Kier alpha value is -3.59. The zero-order chi connectivity index (χ0) is 21.1. The quantitative estimate of drug-likeness (QED) is 0.466. The van der Waals surface area contributed by atoms with Crippen molar-refractivity contribution < 1.29 is 24.3 Å². The van der Waals surface area contributed by atoms with E-state index in [9.17, 15) is 20.0 Å². The number of aromatic nitrogens is 1. The maximum atomic E-state index is 12.6. The second-order valence-electron chi connectivity index (χ2n) is 6.42. The highest BCUT2D eigenvalue weighted by Crippen LogP contribution is 2.34. The van der Waals surface area contributed by atoms with Gasteiger partial charge in [-0.3, -0.25) is 14.9 Å². The summed E-state index contributed by atoms with van der Waals surface area (Å²) < 4.78 is 12.1. The van der Waals surface area contributed by atoms with E-state index in [0.29, 0.717) is 5.56 Å². The Morgan fingerprint density at radius 1 is 1.24 bits per heavy atom. The van der Waals surface area contributed by atoms with E-state index in [2.05, 4.69) is 5.32 Å². The van der Waals surface area contributed by atoms with E-state index in [4.69, 9.17) is 9.47 Å². The minimum Gasteiger partial charge on any atom is -0.493 e. The molecule has 1 unspecified atom stereocenters. The van der Waals surface area contributed by atoms with E-state index in [-0.39, 0.29) is 23.6 Å². The molecule has 2 aromatic carbocycles. The summed E-state index contributed by atoms with van der Waals surface area (Å²) in [6.07, 6.45) is 0.810. The molecule has 0 aliphatic heterocycles. The highest BCUT2D eigenvalue weighted by atomic mass is 16.6. The lowest BCUT2D eigenvalue weighted by Gasteiger charge is -2.13. The Morgan fingerprint density at radius 2 is 1.90 bits per heavy atom. The molecule has 0 saturated heterocycles. The van der Waals surface area contributed by atoms with Crippen molar-refractivity contribution in [1.29, 1.82) is 0 Å². The Balaban J connectivity index is 1.84. The van der Waals surface area contributed by atoms with Gasteiger partial charge in [-0.1, -0.05) is 18.2 Å². The molecular weight excluding hydrogens is 378 g/mol. The average Bonchev–Trinajstić information content (AvgIpc) is 3.07. The van der Waals surface area contributed by atoms with Crippen LogP contribution in [-0.2, 0) is 7.05 Å². The van der Waals surface area contributed by atoms with E-state index in [1.807, 2.05) is 35.9 Å². The molecule has 152 valence electrons. The number of benzene rings is 2. The minimum absolute atomic E-state index is 0.113. The molecule has 1 aromatic heterocycles. The second-order valence-corrected chi connectivity index (χ2v) is 6.42. The highest BCUT2D eigenvalue weighted by molar-refractivity contribution is 5.99. The maximum Gasteiger partial charge on any atom is 0.286 e. The Bertz CT molecular complexity index is 1080. The normalized spacial score (nSPS) is 11.9. The molecule has 9 nitrogen and oxygen atoms in total. The fourth-order valence-corrected chi connectivity index (χ4v) is 3.23. The van der Waals surface area contributed by atoms with Gasteiger partial charge >= 0.3 is 0 Å². The smallest absolute Gasteiger partial charge is 0.286 e. The largest absolute Gasteiger partial charge is 0.493 e. The van der Waals surface area contributed by atoms with Crippen molar-refractivity contribution in [2.24, 2.45) is 7.05 Å². The van der Waals surface area contributed by atoms with E-state index >= 15 is 0 Å². The summed E-state index contributed by atoms with van der Waals surface area (Å²) in [7, 11) is 4.58. The van der Waals surface area contributed by atoms with Crippen molar-refractivity contribution >= 4 is 22.5 Å². The third-order valence-electron chi connectivity index (χ3n) is 4.69. The second kappa shape index (κ2) is 8.19. The van der Waals surface area contributed by atoms with E-state index in [1.54, 1.807) is 6.20 Å². The van der Waals surface area contributed by atoms with Crippen LogP contribution in [0.2, 0.25) is 0 Å². The number of nitrogens with zero attached hydrogens (tertiary/aromatic N) is 2. The molecule has 0 spiro atoms. The fourth-order valence-electron chi connectivity index (χ4n) is 3.23. The molecule has 1 amide bonds. The van der Waals surface area contributed by atoms with Crippen LogP contribution in [0.5, 0.6) is 11.5 Å². The van der Waals surface area contributed by atoms with Gasteiger partial charge in [0.15, 0.2) is 11.5 Å². The lowest BCUT2D eigenvalue weighted by atomic mass is 10.1. The summed E-state index contributed by atoms with van der Waals surface area (Å²) in [5, 5.41) is 25.4. The number of fused-ring (bicyclic) bond motifs is 1. The zero-order valence-electron chi connectivity index (χ0n) is 16.2. The number of carbonyl (C=O) groups excluding carboxylic acids is 1. The van der Waals surface area contributed by atoms with Crippen LogP contribution >= 0.6 is 0 Å². The first kappa shape index (κ1) is 20.2. The van der Waals surface area contributed by atoms with Gasteiger partial charge in [-0.15, -0.1) is 0 Å². The Labute approximate surface area is 166 Å². The van der Waals surface area contributed by atoms with Crippen LogP contribution in [0.15, 0.2) is 42.6 Å². The van der Waals surface area contributed by atoms with Crippen LogP contribution in [0.3, 0.4) is 0 Å². The molecule has 0 bridgehead atoms. The van der Waals surface area contributed by atoms with Crippen LogP contribution in [0.25, 0.3) is 10.9 Å². The van der Waals surface area contributed by atoms with E-state index in [1.165, 1.54) is 20.3 Å². The van der Waals surface area contributed by atoms with Crippen molar-refractivity contribution in [3.05, 3.63) is 63.8 Å². The van der Waals surface area contributed by atoms with Gasteiger partial charge in [-0.25, -0.2) is 0 Å². The number of carbonyl (C=O) groups is 1. The van der Waals surface area contributed by atoms with Gasteiger partial charge in [0, 0.05) is 42.3 Å². The minimum atomic E-state index is -0.982. The third kappa shape index (κ3) is 3.85. The Morgan fingerprint density at radius 3 is 2.55 bits per heavy atom. The van der Waals surface area contributed by atoms with Gasteiger partial charge in [0.1, 0.15) is 5.56 Å². The summed E-state index contributed by atoms with van der Waals surface area (Å²) in [6, 6.07) is 9.96. The predicted octanol–water partition coefficient (Wildman–Crippen LogP) is 2.57. The molecule has 9 heteroatoms. The first-order chi connectivity index (χ1) is 13.9. The number of aryl methyl sites for hydroxylation is 1. The number of nitro groups is 1. The number of methoxy groups -OCH3 is 2. The third-order valence-corrected chi connectivity index (χ3v) is 4.69. The van der Waals surface area contributed by atoms with E-state index < -0.39 is 22.6 Å². The number of amides is 1. The van der Waals surface area contributed by atoms with Crippen molar-refractivity contribution in [2.45, 2.75) is 6.10 Å². The predicted molar refractivity (Wildman–Crippen MR) is 106 cm³/mol. The first-order valence-electron chi connectivity index (χ1n) is 8.78. The van der Waals surface area contributed by atoms with Crippen LogP contribution in [0.1, 0.15) is 22.0 Å². The van der Waals surface area contributed by atoms with Gasteiger partial charge in [0.2, 0.25) is 0 Å². The maximum absolute atomic E-state index is 12.6.